The molecule has 152 valence electrons. The van der Waals surface area contributed by atoms with E-state index in [1.807, 2.05) is 28.8 Å². The van der Waals surface area contributed by atoms with E-state index in [9.17, 15) is 8.78 Å². The first kappa shape index (κ1) is 18.7. The molecule has 1 aliphatic heterocycles. The summed E-state index contributed by atoms with van der Waals surface area (Å²) in [4.78, 5) is 6.37. The van der Waals surface area contributed by atoms with E-state index in [0.717, 1.165) is 54.7 Å². The molecule has 1 aromatic carbocycles. The van der Waals surface area contributed by atoms with Gasteiger partial charge in [-0.05, 0) is 67.9 Å². The number of nitrogens with zero attached hydrogens (tertiary/aromatic N) is 6. The Bertz CT molecular complexity index is 1150. The van der Waals surface area contributed by atoms with Crippen LogP contribution in [0.4, 0.5) is 8.78 Å². The van der Waals surface area contributed by atoms with Crippen LogP contribution in [0.5, 0.6) is 0 Å². The lowest BCUT2D eigenvalue weighted by atomic mass is 9.95. The average Bonchev–Trinajstić information content (AvgIpc) is 3.17. The summed E-state index contributed by atoms with van der Waals surface area (Å²) in [5.74, 6) is 0.0138. The molecule has 0 saturated carbocycles. The molecule has 0 N–H and O–H groups in total. The Morgan fingerprint density at radius 3 is 2.50 bits per heavy atom. The van der Waals surface area contributed by atoms with Gasteiger partial charge < -0.3 is 0 Å². The van der Waals surface area contributed by atoms with Crippen LogP contribution in [0.3, 0.4) is 0 Å². The Hall–Kier alpha value is -3.26. The Kier molecular flexibility index (Phi) is 4.92. The maximum Gasteiger partial charge on any atom is 0.177 e. The first-order valence-electron chi connectivity index (χ1n) is 9.96. The fourth-order valence-corrected chi connectivity index (χ4v) is 4.04. The van der Waals surface area contributed by atoms with Crippen molar-refractivity contribution in [3.8, 4) is 11.3 Å². The quantitative estimate of drug-likeness (QED) is 0.515. The molecule has 1 fully saturated rings. The highest BCUT2D eigenvalue weighted by Crippen LogP contribution is 2.28. The molecule has 0 unspecified atom stereocenters. The van der Waals surface area contributed by atoms with Gasteiger partial charge in [0.1, 0.15) is 11.6 Å². The topological polar surface area (TPSA) is 59.2 Å². The standard InChI is InChI=1S/C22H20F2N6/c23-18-10-15(11-19(24)12-18)14-29-8-5-16(6-9-29)22-27-26-21-4-3-20(28-30(21)22)17-2-1-7-25-13-17/h1-4,7,10-13,16H,5-6,8-9,14H2. The minimum Gasteiger partial charge on any atom is -0.299 e. The predicted molar refractivity (Wildman–Crippen MR) is 108 cm³/mol. The molecule has 4 aromatic rings. The van der Waals surface area contributed by atoms with Gasteiger partial charge in [-0.15, -0.1) is 10.2 Å². The number of hydrogen-bond donors (Lipinski definition) is 0. The third-order valence-corrected chi connectivity index (χ3v) is 5.53. The molecular weight excluding hydrogens is 386 g/mol. The highest BCUT2D eigenvalue weighted by atomic mass is 19.1. The molecular formula is C22H20F2N6. The van der Waals surface area contributed by atoms with Crippen LogP contribution in [0.25, 0.3) is 16.9 Å². The molecule has 30 heavy (non-hydrogen) atoms. The molecule has 4 heterocycles. The molecule has 0 spiro atoms. The zero-order chi connectivity index (χ0) is 20.5. The van der Waals surface area contributed by atoms with Crippen molar-refractivity contribution in [2.24, 2.45) is 0 Å². The molecule has 1 aliphatic rings. The molecule has 0 bridgehead atoms. The summed E-state index contributed by atoms with van der Waals surface area (Å²) >= 11 is 0. The van der Waals surface area contributed by atoms with Gasteiger partial charge in [-0.3, -0.25) is 9.88 Å². The summed E-state index contributed by atoms with van der Waals surface area (Å²) in [6.45, 7) is 2.17. The lowest BCUT2D eigenvalue weighted by Crippen LogP contribution is -2.33. The van der Waals surface area contributed by atoms with Crippen molar-refractivity contribution in [3.05, 3.63) is 77.9 Å². The van der Waals surface area contributed by atoms with Crippen LogP contribution in [0.15, 0.2) is 54.9 Å². The van der Waals surface area contributed by atoms with Crippen molar-refractivity contribution in [3.63, 3.8) is 0 Å². The summed E-state index contributed by atoms with van der Waals surface area (Å²) in [7, 11) is 0. The summed E-state index contributed by atoms with van der Waals surface area (Å²) in [6.07, 6.45) is 5.29. The molecule has 0 radical (unpaired) electrons. The van der Waals surface area contributed by atoms with E-state index in [4.69, 9.17) is 5.10 Å². The van der Waals surface area contributed by atoms with Crippen molar-refractivity contribution in [2.45, 2.75) is 25.3 Å². The largest absolute Gasteiger partial charge is 0.299 e. The highest BCUT2D eigenvalue weighted by Gasteiger charge is 2.25. The maximum absolute atomic E-state index is 13.4. The van der Waals surface area contributed by atoms with E-state index in [1.165, 1.54) is 12.1 Å². The minimum absolute atomic E-state index is 0.233. The lowest BCUT2D eigenvalue weighted by Gasteiger charge is -2.31. The molecule has 3 aromatic heterocycles. The fourth-order valence-electron chi connectivity index (χ4n) is 4.04. The van der Waals surface area contributed by atoms with Crippen molar-refractivity contribution < 1.29 is 8.78 Å². The molecule has 0 amide bonds. The first-order chi connectivity index (χ1) is 14.7. The van der Waals surface area contributed by atoms with Crippen LogP contribution in [-0.4, -0.2) is 42.8 Å². The van der Waals surface area contributed by atoms with Gasteiger partial charge in [-0.1, -0.05) is 0 Å². The Balaban J connectivity index is 1.32. The summed E-state index contributed by atoms with van der Waals surface area (Å²) in [5.41, 5.74) is 3.13. The Morgan fingerprint density at radius 2 is 1.77 bits per heavy atom. The van der Waals surface area contributed by atoms with E-state index in [1.54, 1.807) is 12.4 Å². The molecule has 8 heteroatoms. The van der Waals surface area contributed by atoms with Crippen LogP contribution < -0.4 is 0 Å². The van der Waals surface area contributed by atoms with Gasteiger partial charge >= 0.3 is 0 Å². The molecule has 5 rings (SSSR count). The second-order valence-electron chi connectivity index (χ2n) is 7.62. The second-order valence-corrected chi connectivity index (χ2v) is 7.62. The number of benzene rings is 1. The van der Waals surface area contributed by atoms with E-state index in [0.29, 0.717) is 12.1 Å². The van der Waals surface area contributed by atoms with Crippen LogP contribution in [-0.2, 0) is 6.54 Å². The molecule has 0 aliphatic carbocycles. The lowest BCUT2D eigenvalue weighted by molar-refractivity contribution is 0.200. The van der Waals surface area contributed by atoms with E-state index >= 15 is 0 Å². The monoisotopic (exact) mass is 406 g/mol. The number of likely N-dealkylation sites (tertiary alicyclic amines) is 1. The van der Waals surface area contributed by atoms with Gasteiger partial charge in [0.2, 0.25) is 0 Å². The number of hydrogen-bond acceptors (Lipinski definition) is 5. The van der Waals surface area contributed by atoms with Crippen LogP contribution in [0.1, 0.15) is 30.1 Å². The summed E-state index contributed by atoms with van der Waals surface area (Å²) in [6, 6.07) is 11.4. The average molecular weight is 406 g/mol. The summed E-state index contributed by atoms with van der Waals surface area (Å²) in [5, 5.41) is 13.4. The molecule has 1 saturated heterocycles. The van der Waals surface area contributed by atoms with Crippen molar-refractivity contribution >= 4 is 5.65 Å². The maximum atomic E-state index is 13.4. The number of aromatic nitrogens is 5. The zero-order valence-electron chi connectivity index (χ0n) is 16.2. The van der Waals surface area contributed by atoms with Crippen LogP contribution in [0, 0.1) is 11.6 Å². The minimum atomic E-state index is -0.537. The molecule has 6 nitrogen and oxygen atoms in total. The third-order valence-electron chi connectivity index (χ3n) is 5.53. The van der Waals surface area contributed by atoms with E-state index < -0.39 is 11.6 Å². The number of halogens is 2. The molecule has 0 atom stereocenters. The van der Waals surface area contributed by atoms with Crippen molar-refractivity contribution in [2.75, 3.05) is 13.1 Å². The number of piperidine rings is 1. The van der Waals surface area contributed by atoms with Gasteiger partial charge in [-0.2, -0.15) is 9.61 Å². The van der Waals surface area contributed by atoms with Crippen molar-refractivity contribution in [1.29, 1.82) is 0 Å². The number of pyridine rings is 1. The Labute approximate surface area is 172 Å². The van der Waals surface area contributed by atoms with Gasteiger partial charge in [0.05, 0.1) is 5.69 Å². The normalized spacial score (nSPS) is 15.7. The summed E-state index contributed by atoms with van der Waals surface area (Å²) < 4.78 is 28.7. The van der Waals surface area contributed by atoms with Gasteiger partial charge in [-0.25, -0.2) is 8.78 Å². The van der Waals surface area contributed by atoms with Crippen molar-refractivity contribution in [1.82, 2.24) is 29.7 Å². The van der Waals surface area contributed by atoms with Gasteiger partial charge in [0.25, 0.3) is 0 Å². The van der Waals surface area contributed by atoms with Gasteiger partial charge in [0.15, 0.2) is 11.5 Å². The smallest absolute Gasteiger partial charge is 0.177 e. The fraction of sp³-hybridized carbons (Fsp3) is 0.273. The van der Waals surface area contributed by atoms with Gasteiger partial charge in [0, 0.05) is 36.5 Å². The first-order valence-corrected chi connectivity index (χ1v) is 9.96. The predicted octanol–water partition coefficient (Wildman–Crippen LogP) is 3.84. The SMILES string of the molecule is Fc1cc(F)cc(CN2CCC(c3nnc4ccc(-c5cccnc5)nn34)CC2)c1. The second kappa shape index (κ2) is 7.87. The number of rotatable bonds is 4. The van der Waals surface area contributed by atoms with E-state index in [-0.39, 0.29) is 5.92 Å². The van der Waals surface area contributed by atoms with Crippen LogP contribution in [0.2, 0.25) is 0 Å². The van der Waals surface area contributed by atoms with E-state index in [2.05, 4.69) is 20.1 Å². The third kappa shape index (κ3) is 3.78. The number of fused-ring (bicyclic) bond motifs is 1. The Morgan fingerprint density at radius 1 is 0.967 bits per heavy atom. The highest BCUT2D eigenvalue weighted by molar-refractivity contribution is 5.58. The zero-order valence-corrected chi connectivity index (χ0v) is 16.2. The van der Waals surface area contributed by atoms with Crippen LogP contribution >= 0.6 is 0 Å².